The summed E-state index contributed by atoms with van der Waals surface area (Å²) in [6.45, 7) is 8.42. The minimum atomic E-state index is 0.0468. The highest BCUT2D eigenvalue weighted by atomic mass is 16.5. The van der Waals surface area contributed by atoms with Crippen LogP contribution in [0.25, 0.3) is 0 Å². The highest BCUT2D eigenvalue weighted by Gasteiger charge is 2.18. The van der Waals surface area contributed by atoms with Crippen LogP contribution < -0.4 is 4.74 Å². The van der Waals surface area contributed by atoms with Crippen LogP contribution in [0.3, 0.4) is 0 Å². The van der Waals surface area contributed by atoms with E-state index in [1.807, 2.05) is 26.0 Å². The summed E-state index contributed by atoms with van der Waals surface area (Å²) in [4.78, 5) is 12.5. The number of aromatic nitrogens is 1. The molecule has 1 aromatic heterocycles. The van der Waals surface area contributed by atoms with Crippen molar-refractivity contribution in [2.75, 3.05) is 6.61 Å². The third-order valence-electron chi connectivity index (χ3n) is 4.74. The van der Waals surface area contributed by atoms with Gasteiger partial charge in [-0.25, -0.2) is 0 Å². The molecule has 0 saturated heterocycles. The van der Waals surface area contributed by atoms with Crippen molar-refractivity contribution in [1.82, 2.24) is 4.57 Å². The zero-order valence-electron chi connectivity index (χ0n) is 14.5. The average Bonchev–Trinajstić information content (AvgIpc) is 3.08. The number of carbonyl (C=O) groups excluding carboxylic acids is 1. The summed E-state index contributed by atoms with van der Waals surface area (Å²) in [7, 11) is 0. The Morgan fingerprint density at radius 1 is 1.17 bits per heavy atom. The summed E-state index contributed by atoms with van der Waals surface area (Å²) in [5.41, 5.74) is 5.72. The van der Waals surface area contributed by atoms with Gasteiger partial charge in [-0.3, -0.25) is 4.79 Å². The zero-order valence-corrected chi connectivity index (χ0v) is 14.5. The van der Waals surface area contributed by atoms with Crippen molar-refractivity contribution in [2.24, 2.45) is 0 Å². The van der Waals surface area contributed by atoms with E-state index in [0.29, 0.717) is 6.04 Å². The van der Waals surface area contributed by atoms with Gasteiger partial charge in [0, 0.05) is 23.0 Å². The molecule has 0 amide bonds. The molecule has 3 rings (SSSR count). The van der Waals surface area contributed by atoms with Gasteiger partial charge in [-0.2, -0.15) is 0 Å². The van der Waals surface area contributed by atoms with E-state index in [1.54, 1.807) is 0 Å². The minimum absolute atomic E-state index is 0.0468. The van der Waals surface area contributed by atoms with Crippen molar-refractivity contribution in [3.05, 3.63) is 52.3 Å². The minimum Gasteiger partial charge on any atom is -0.485 e. The van der Waals surface area contributed by atoms with E-state index in [9.17, 15) is 4.79 Å². The fourth-order valence-corrected chi connectivity index (χ4v) is 3.72. The van der Waals surface area contributed by atoms with Crippen molar-refractivity contribution in [3.63, 3.8) is 0 Å². The Kier molecular flexibility index (Phi) is 4.29. The van der Waals surface area contributed by atoms with Crippen LogP contribution >= 0.6 is 0 Å². The molecule has 0 saturated carbocycles. The van der Waals surface area contributed by atoms with E-state index in [2.05, 4.69) is 30.5 Å². The summed E-state index contributed by atoms with van der Waals surface area (Å²) < 4.78 is 7.95. The normalized spacial score (nSPS) is 13.4. The van der Waals surface area contributed by atoms with Gasteiger partial charge in [0.25, 0.3) is 0 Å². The fraction of sp³-hybridized carbons (Fsp3) is 0.450. The Morgan fingerprint density at radius 2 is 1.91 bits per heavy atom. The first-order chi connectivity index (χ1) is 11.0. The SMILES string of the molecule is Cc1cc(C(=O)COc2ccc3c(c2)CCC3)c(C)n1C(C)C. The summed E-state index contributed by atoms with van der Waals surface area (Å²) in [5, 5.41) is 0. The lowest BCUT2D eigenvalue weighted by atomic mass is 10.1. The first-order valence-corrected chi connectivity index (χ1v) is 8.43. The predicted molar refractivity (Wildman–Crippen MR) is 92.6 cm³/mol. The Balaban J connectivity index is 1.71. The Hall–Kier alpha value is -2.03. The second-order valence-electron chi connectivity index (χ2n) is 6.74. The van der Waals surface area contributed by atoms with Crippen LogP contribution in [0.1, 0.15) is 59.2 Å². The number of nitrogens with zero attached hydrogens (tertiary/aromatic N) is 1. The number of ether oxygens (including phenoxy) is 1. The standard InChI is InChI=1S/C20H25NO2/c1-13(2)21-14(3)10-19(15(21)4)20(22)12-23-18-9-8-16-6-5-7-17(16)11-18/h8-11,13H,5-7,12H2,1-4H3. The van der Waals surface area contributed by atoms with Crippen LogP contribution in [0.2, 0.25) is 0 Å². The first-order valence-electron chi connectivity index (χ1n) is 8.43. The van der Waals surface area contributed by atoms with Crippen molar-refractivity contribution in [3.8, 4) is 5.75 Å². The molecule has 2 aromatic rings. The molecule has 122 valence electrons. The van der Waals surface area contributed by atoms with Crippen LogP contribution in [-0.4, -0.2) is 17.0 Å². The molecule has 1 aromatic carbocycles. The smallest absolute Gasteiger partial charge is 0.202 e. The van der Waals surface area contributed by atoms with E-state index in [1.165, 1.54) is 17.5 Å². The number of carbonyl (C=O) groups is 1. The number of fused-ring (bicyclic) bond motifs is 1. The van der Waals surface area contributed by atoms with E-state index < -0.39 is 0 Å². The third kappa shape index (κ3) is 3.05. The van der Waals surface area contributed by atoms with Gasteiger partial charge in [-0.15, -0.1) is 0 Å². The van der Waals surface area contributed by atoms with Gasteiger partial charge in [0.15, 0.2) is 6.61 Å². The van der Waals surface area contributed by atoms with E-state index in [-0.39, 0.29) is 12.4 Å². The summed E-state index contributed by atoms with van der Waals surface area (Å²) in [6.07, 6.45) is 3.50. The van der Waals surface area contributed by atoms with E-state index in [4.69, 9.17) is 4.74 Å². The lowest BCUT2D eigenvalue weighted by molar-refractivity contribution is 0.0920. The predicted octanol–water partition coefficient (Wildman–Crippen LogP) is 4.44. The molecule has 0 fully saturated rings. The average molecular weight is 311 g/mol. The maximum atomic E-state index is 12.5. The van der Waals surface area contributed by atoms with Crippen molar-refractivity contribution >= 4 is 5.78 Å². The van der Waals surface area contributed by atoms with Crippen LogP contribution in [0, 0.1) is 13.8 Å². The number of benzene rings is 1. The summed E-state index contributed by atoms with van der Waals surface area (Å²) in [6, 6.07) is 8.53. The second-order valence-corrected chi connectivity index (χ2v) is 6.74. The highest BCUT2D eigenvalue weighted by Crippen LogP contribution is 2.26. The van der Waals surface area contributed by atoms with Crippen molar-refractivity contribution < 1.29 is 9.53 Å². The number of ketones is 1. The van der Waals surface area contributed by atoms with Crippen molar-refractivity contribution in [2.45, 2.75) is 53.0 Å². The fourth-order valence-electron chi connectivity index (χ4n) is 3.72. The van der Waals surface area contributed by atoms with Gasteiger partial charge < -0.3 is 9.30 Å². The Morgan fingerprint density at radius 3 is 2.61 bits per heavy atom. The lowest BCUT2D eigenvalue weighted by Gasteiger charge is -2.13. The number of Topliss-reactive ketones (excluding diaryl/α,β-unsaturated/α-hetero) is 1. The highest BCUT2D eigenvalue weighted by molar-refractivity contribution is 5.98. The monoisotopic (exact) mass is 311 g/mol. The number of hydrogen-bond donors (Lipinski definition) is 0. The Labute approximate surface area is 138 Å². The van der Waals surface area contributed by atoms with Gasteiger partial charge in [0.2, 0.25) is 5.78 Å². The summed E-state index contributed by atoms with van der Waals surface area (Å²) >= 11 is 0. The molecule has 1 aliphatic carbocycles. The molecule has 1 heterocycles. The van der Waals surface area contributed by atoms with Gasteiger partial charge in [-0.05, 0) is 76.3 Å². The molecule has 0 radical (unpaired) electrons. The number of aryl methyl sites for hydroxylation is 3. The number of rotatable bonds is 5. The maximum absolute atomic E-state index is 12.5. The molecule has 0 aliphatic heterocycles. The molecule has 0 bridgehead atoms. The van der Waals surface area contributed by atoms with Crippen LogP contribution in [-0.2, 0) is 12.8 Å². The van der Waals surface area contributed by atoms with E-state index >= 15 is 0 Å². The molecule has 3 heteroatoms. The van der Waals surface area contributed by atoms with Gasteiger partial charge in [0.1, 0.15) is 5.75 Å². The number of hydrogen-bond acceptors (Lipinski definition) is 2. The third-order valence-corrected chi connectivity index (χ3v) is 4.74. The Bertz CT molecular complexity index is 740. The van der Waals surface area contributed by atoms with Crippen LogP contribution in [0.4, 0.5) is 0 Å². The molecule has 3 nitrogen and oxygen atoms in total. The largest absolute Gasteiger partial charge is 0.485 e. The zero-order chi connectivity index (χ0) is 16.6. The topological polar surface area (TPSA) is 31.2 Å². The molecular formula is C20H25NO2. The maximum Gasteiger partial charge on any atom is 0.202 e. The molecular weight excluding hydrogens is 286 g/mol. The second kappa shape index (κ2) is 6.23. The first kappa shape index (κ1) is 15.9. The van der Waals surface area contributed by atoms with E-state index in [0.717, 1.165) is 35.5 Å². The quantitative estimate of drug-likeness (QED) is 0.765. The van der Waals surface area contributed by atoms with Gasteiger partial charge in [0.05, 0.1) is 0 Å². The van der Waals surface area contributed by atoms with Gasteiger partial charge >= 0.3 is 0 Å². The molecule has 1 aliphatic rings. The van der Waals surface area contributed by atoms with Crippen LogP contribution in [0.15, 0.2) is 24.3 Å². The summed E-state index contributed by atoms with van der Waals surface area (Å²) in [5.74, 6) is 0.849. The molecule has 0 spiro atoms. The van der Waals surface area contributed by atoms with Crippen molar-refractivity contribution in [1.29, 1.82) is 0 Å². The van der Waals surface area contributed by atoms with Crippen LogP contribution in [0.5, 0.6) is 5.75 Å². The molecule has 0 atom stereocenters. The molecule has 23 heavy (non-hydrogen) atoms. The van der Waals surface area contributed by atoms with Gasteiger partial charge in [-0.1, -0.05) is 6.07 Å². The lowest BCUT2D eigenvalue weighted by Crippen LogP contribution is -2.13. The molecule has 0 unspecified atom stereocenters. The molecule has 0 N–H and O–H groups in total.